The second kappa shape index (κ2) is 3.95. The number of nitrogens with zero attached hydrogens (tertiary/aromatic N) is 2. The van der Waals surface area contributed by atoms with Gasteiger partial charge in [-0.2, -0.15) is 0 Å². The topological polar surface area (TPSA) is 35.0 Å². The molecule has 0 aliphatic heterocycles. The van der Waals surface area contributed by atoms with Crippen LogP contribution in [0.4, 0.5) is 0 Å². The summed E-state index contributed by atoms with van der Waals surface area (Å²) in [4.78, 5) is 8.55. The van der Waals surface area contributed by atoms with E-state index >= 15 is 0 Å². The van der Waals surface area contributed by atoms with Gasteiger partial charge < -0.3 is 4.74 Å². The Morgan fingerprint density at radius 3 is 2.64 bits per heavy atom. The fourth-order valence-corrected chi connectivity index (χ4v) is 2.01. The Kier molecular flexibility index (Phi) is 2.83. The second-order valence-corrected chi connectivity index (χ2v) is 4.33. The Bertz CT molecular complexity index is 355. The molecule has 1 aliphatic carbocycles. The maximum atomic E-state index is 6.00. The van der Waals surface area contributed by atoms with E-state index in [1.54, 1.807) is 7.11 Å². The Balaban J connectivity index is 2.46. The lowest BCUT2D eigenvalue weighted by Crippen LogP contribution is -1.99. The molecule has 76 valence electrons. The van der Waals surface area contributed by atoms with E-state index < -0.39 is 0 Å². The van der Waals surface area contributed by atoms with E-state index in [-0.39, 0.29) is 0 Å². The number of halogens is 1. The van der Waals surface area contributed by atoms with Crippen molar-refractivity contribution in [1.29, 1.82) is 0 Å². The molecule has 1 heterocycles. The summed E-state index contributed by atoms with van der Waals surface area (Å²) in [5.74, 6) is 1.17. The smallest absolute Gasteiger partial charge is 0.189 e. The Morgan fingerprint density at radius 2 is 2.14 bits per heavy atom. The zero-order valence-electron chi connectivity index (χ0n) is 8.08. The van der Waals surface area contributed by atoms with Crippen LogP contribution in [-0.4, -0.2) is 23.3 Å². The number of ether oxygens (including phenoxy) is 1. The van der Waals surface area contributed by atoms with Crippen molar-refractivity contribution in [3.05, 3.63) is 10.8 Å². The van der Waals surface area contributed by atoms with Gasteiger partial charge in [-0.05, 0) is 19.1 Å². The highest BCUT2D eigenvalue weighted by Gasteiger charge is 2.30. The molecular weight excluding hydrogens is 220 g/mol. The van der Waals surface area contributed by atoms with E-state index in [0.29, 0.717) is 16.8 Å². The molecule has 3 nitrogen and oxygen atoms in total. The normalized spacial score (nSPS) is 15.6. The van der Waals surface area contributed by atoms with Crippen LogP contribution in [0.1, 0.15) is 24.5 Å². The number of hydrogen-bond acceptors (Lipinski definition) is 4. The van der Waals surface area contributed by atoms with Crippen LogP contribution in [0, 0.1) is 0 Å². The van der Waals surface area contributed by atoms with Crippen molar-refractivity contribution in [3.63, 3.8) is 0 Å². The second-order valence-electron chi connectivity index (χ2n) is 3.19. The van der Waals surface area contributed by atoms with Gasteiger partial charge in [0.2, 0.25) is 0 Å². The number of rotatable bonds is 3. The first kappa shape index (κ1) is 10.1. The van der Waals surface area contributed by atoms with Crippen molar-refractivity contribution in [3.8, 4) is 5.75 Å². The summed E-state index contributed by atoms with van der Waals surface area (Å²) in [6.07, 6.45) is 4.30. The van der Waals surface area contributed by atoms with E-state index in [1.807, 2.05) is 6.26 Å². The minimum Gasteiger partial charge on any atom is -0.492 e. The molecule has 0 atom stereocenters. The summed E-state index contributed by atoms with van der Waals surface area (Å²) in [5, 5.41) is 1.14. The molecule has 1 saturated carbocycles. The Hall–Kier alpha value is -0.480. The van der Waals surface area contributed by atoms with Crippen molar-refractivity contribution in [1.82, 2.24) is 9.97 Å². The molecule has 0 amide bonds. The van der Waals surface area contributed by atoms with Crippen LogP contribution in [0.3, 0.4) is 0 Å². The summed E-state index contributed by atoms with van der Waals surface area (Å²) < 4.78 is 5.21. The van der Waals surface area contributed by atoms with Crippen LogP contribution in [0.2, 0.25) is 5.15 Å². The maximum absolute atomic E-state index is 6.00. The fourth-order valence-electron chi connectivity index (χ4n) is 1.33. The van der Waals surface area contributed by atoms with Crippen LogP contribution in [0.5, 0.6) is 5.75 Å². The van der Waals surface area contributed by atoms with Crippen LogP contribution >= 0.6 is 23.4 Å². The van der Waals surface area contributed by atoms with Crippen molar-refractivity contribution >= 4 is 23.4 Å². The zero-order valence-corrected chi connectivity index (χ0v) is 9.65. The van der Waals surface area contributed by atoms with Gasteiger partial charge in [0.05, 0.1) is 12.8 Å². The molecule has 0 bridgehead atoms. The molecule has 0 N–H and O–H groups in total. The van der Waals surface area contributed by atoms with Gasteiger partial charge in [-0.15, -0.1) is 0 Å². The lowest BCUT2D eigenvalue weighted by molar-refractivity contribution is 0.403. The van der Waals surface area contributed by atoms with Gasteiger partial charge in [0.25, 0.3) is 0 Å². The minimum absolute atomic E-state index is 0.425. The van der Waals surface area contributed by atoms with Gasteiger partial charge in [0.15, 0.2) is 16.1 Å². The first-order chi connectivity index (χ1) is 6.76. The molecule has 1 fully saturated rings. The number of aromatic nitrogens is 2. The van der Waals surface area contributed by atoms with Gasteiger partial charge in [0, 0.05) is 5.92 Å². The van der Waals surface area contributed by atoms with Crippen molar-refractivity contribution < 1.29 is 4.74 Å². The standard InChI is InChI=1S/C9H11ClN2OS/c1-13-7-6(5-3-4-5)11-9(14-2)12-8(7)10/h5H,3-4H2,1-2H3. The van der Waals surface area contributed by atoms with Crippen LogP contribution < -0.4 is 4.74 Å². The molecule has 1 aromatic rings. The molecule has 1 aromatic heterocycles. The van der Waals surface area contributed by atoms with E-state index in [0.717, 1.165) is 10.9 Å². The molecule has 0 unspecified atom stereocenters. The molecule has 2 rings (SSSR count). The Morgan fingerprint density at radius 1 is 1.43 bits per heavy atom. The highest BCUT2D eigenvalue weighted by Crippen LogP contribution is 2.45. The highest BCUT2D eigenvalue weighted by molar-refractivity contribution is 7.98. The summed E-state index contributed by atoms with van der Waals surface area (Å²) in [6, 6.07) is 0. The lowest BCUT2D eigenvalue weighted by Gasteiger charge is -2.08. The van der Waals surface area contributed by atoms with Gasteiger partial charge in [0.1, 0.15) is 0 Å². The van der Waals surface area contributed by atoms with Gasteiger partial charge >= 0.3 is 0 Å². The summed E-state index contributed by atoms with van der Waals surface area (Å²) >= 11 is 7.50. The first-order valence-corrected chi connectivity index (χ1v) is 6.02. The average molecular weight is 231 g/mol. The average Bonchev–Trinajstić information content (AvgIpc) is 2.99. The van der Waals surface area contributed by atoms with Crippen molar-refractivity contribution in [2.24, 2.45) is 0 Å². The summed E-state index contributed by atoms with van der Waals surface area (Å²) in [5.41, 5.74) is 0.969. The molecule has 14 heavy (non-hydrogen) atoms. The molecule has 0 saturated heterocycles. The molecule has 0 radical (unpaired) electrons. The van der Waals surface area contributed by atoms with Crippen molar-refractivity contribution in [2.75, 3.05) is 13.4 Å². The monoisotopic (exact) mass is 230 g/mol. The number of hydrogen-bond donors (Lipinski definition) is 0. The van der Waals surface area contributed by atoms with E-state index in [9.17, 15) is 0 Å². The predicted octanol–water partition coefficient (Wildman–Crippen LogP) is 2.74. The third kappa shape index (κ3) is 1.81. The third-order valence-corrected chi connectivity index (χ3v) is 2.98. The SMILES string of the molecule is COc1c(Cl)nc(SC)nc1C1CC1. The first-order valence-electron chi connectivity index (χ1n) is 4.41. The fraction of sp³-hybridized carbons (Fsp3) is 0.556. The number of methoxy groups -OCH3 is 1. The van der Waals surface area contributed by atoms with Crippen LogP contribution in [0.15, 0.2) is 5.16 Å². The molecule has 0 aromatic carbocycles. The van der Waals surface area contributed by atoms with Gasteiger partial charge in [-0.25, -0.2) is 9.97 Å². The van der Waals surface area contributed by atoms with Crippen LogP contribution in [0.25, 0.3) is 0 Å². The summed E-state index contributed by atoms with van der Waals surface area (Å²) in [6.45, 7) is 0. The van der Waals surface area contributed by atoms with E-state index in [4.69, 9.17) is 16.3 Å². The molecule has 5 heteroatoms. The maximum Gasteiger partial charge on any atom is 0.189 e. The third-order valence-electron chi connectivity index (χ3n) is 2.18. The summed E-state index contributed by atoms with van der Waals surface area (Å²) in [7, 11) is 1.61. The minimum atomic E-state index is 0.425. The quantitative estimate of drug-likeness (QED) is 0.454. The van der Waals surface area contributed by atoms with Crippen LogP contribution in [-0.2, 0) is 0 Å². The highest BCUT2D eigenvalue weighted by atomic mass is 35.5. The zero-order chi connectivity index (χ0) is 10.1. The lowest BCUT2D eigenvalue weighted by atomic mass is 10.2. The van der Waals surface area contributed by atoms with E-state index in [2.05, 4.69) is 9.97 Å². The predicted molar refractivity (Wildman–Crippen MR) is 57.4 cm³/mol. The molecule has 1 aliphatic rings. The number of thioether (sulfide) groups is 1. The molecule has 0 spiro atoms. The van der Waals surface area contributed by atoms with Crippen molar-refractivity contribution in [2.45, 2.75) is 23.9 Å². The van der Waals surface area contributed by atoms with Gasteiger partial charge in [-0.3, -0.25) is 0 Å². The Labute approximate surface area is 92.2 Å². The van der Waals surface area contributed by atoms with E-state index in [1.165, 1.54) is 24.6 Å². The molecular formula is C9H11ClN2OS. The largest absolute Gasteiger partial charge is 0.492 e. The van der Waals surface area contributed by atoms with Gasteiger partial charge in [-0.1, -0.05) is 23.4 Å².